The van der Waals surface area contributed by atoms with Gasteiger partial charge in [0.05, 0.1) is 6.61 Å². The minimum absolute atomic E-state index is 0.104. The highest BCUT2D eigenvalue weighted by Crippen LogP contribution is 2.39. The Labute approximate surface area is 184 Å². The molecule has 1 aromatic rings. The molecule has 1 aromatic carbocycles. The summed E-state index contributed by atoms with van der Waals surface area (Å²) in [7, 11) is -2.30. The number of nitrogens with one attached hydrogen (secondary N) is 1. The lowest BCUT2D eigenvalue weighted by atomic mass is 9.85. The maximum absolute atomic E-state index is 11.6. The van der Waals surface area contributed by atoms with Crippen LogP contribution < -0.4 is 15.8 Å². The van der Waals surface area contributed by atoms with Gasteiger partial charge in [-0.05, 0) is 68.8 Å². The zero-order chi connectivity index (χ0) is 21.8. The first kappa shape index (κ1) is 21.9. The van der Waals surface area contributed by atoms with Gasteiger partial charge in [0.2, 0.25) is 11.9 Å². The van der Waals surface area contributed by atoms with Crippen LogP contribution in [0.3, 0.4) is 0 Å². The van der Waals surface area contributed by atoms with Crippen molar-refractivity contribution < 1.29 is 13.2 Å². The normalized spacial score (nSPS) is 23.5. The second-order valence-corrected chi connectivity index (χ2v) is 9.59. The summed E-state index contributed by atoms with van der Waals surface area (Å²) in [6, 6.07) is 6.95. The highest BCUT2D eigenvalue weighted by molar-refractivity contribution is 7.89. The van der Waals surface area contributed by atoms with Crippen LogP contribution >= 0.6 is 0 Å². The molecular formula is C21H32N6O3S. The van der Waals surface area contributed by atoms with Gasteiger partial charge in [-0.1, -0.05) is 18.6 Å². The minimum Gasteiger partial charge on any atom is -0.493 e. The molecule has 0 radical (unpaired) electrons. The second kappa shape index (κ2) is 9.44. The third-order valence-corrected chi connectivity index (χ3v) is 7.02. The molecule has 9 nitrogen and oxygen atoms in total. The maximum Gasteiger partial charge on any atom is 0.369 e. The minimum atomic E-state index is -3.91. The number of benzene rings is 1. The van der Waals surface area contributed by atoms with Gasteiger partial charge in [0.1, 0.15) is 5.75 Å². The molecule has 2 heterocycles. The van der Waals surface area contributed by atoms with Gasteiger partial charge in [0.15, 0.2) is 0 Å². The van der Waals surface area contributed by atoms with Crippen LogP contribution in [0.15, 0.2) is 27.0 Å². The quantitative estimate of drug-likeness (QED) is 0.638. The van der Waals surface area contributed by atoms with Gasteiger partial charge >= 0.3 is 10.2 Å². The van der Waals surface area contributed by atoms with E-state index < -0.39 is 10.2 Å². The predicted molar refractivity (Wildman–Crippen MR) is 121 cm³/mol. The van der Waals surface area contributed by atoms with Crippen LogP contribution in [0.2, 0.25) is 0 Å². The SMILES string of the molecule is CN1C(N)=NS(=O)(=O)N=C1NCCCOc1cccc2c1CCCC2N1CCCCC1. The number of ether oxygens (including phenoxy) is 1. The van der Waals surface area contributed by atoms with E-state index in [1.54, 1.807) is 7.05 Å². The van der Waals surface area contributed by atoms with Gasteiger partial charge in [-0.25, -0.2) is 0 Å². The monoisotopic (exact) mass is 448 g/mol. The number of nitrogens with two attached hydrogens (primary N) is 1. The lowest BCUT2D eigenvalue weighted by Gasteiger charge is -2.38. The Morgan fingerprint density at radius 3 is 2.81 bits per heavy atom. The Morgan fingerprint density at radius 1 is 1.19 bits per heavy atom. The molecule has 10 heteroatoms. The van der Waals surface area contributed by atoms with Crippen molar-refractivity contribution in [2.75, 3.05) is 33.3 Å². The van der Waals surface area contributed by atoms with Crippen molar-refractivity contribution in [3.8, 4) is 5.75 Å². The zero-order valence-electron chi connectivity index (χ0n) is 18.1. The lowest BCUT2D eigenvalue weighted by molar-refractivity contribution is 0.147. The summed E-state index contributed by atoms with van der Waals surface area (Å²) in [5.74, 6) is 1.05. The topological polar surface area (TPSA) is 113 Å². The summed E-state index contributed by atoms with van der Waals surface area (Å²) in [5, 5.41) is 3.01. The number of piperidine rings is 1. The van der Waals surface area contributed by atoms with Crippen molar-refractivity contribution in [2.24, 2.45) is 14.5 Å². The fourth-order valence-electron chi connectivity index (χ4n) is 4.62. The van der Waals surface area contributed by atoms with E-state index in [1.165, 1.54) is 61.2 Å². The Balaban J connectivity index is 1.32. The van der Waals surface area contributed by atoms with Crippen molar-refractivity contribution in [2.45, 2.75) is 51.0 Å². The standard InChI is InChI=1S/C21H32N6O3S/c1-26-20(22)24-31(28,29)25-21(26)23-12-7-15-30-19-11-6-8-16-17(19)9-5-10-18(16)27-13-3-2-4-14-27/h6,8,11,18H,2-5,7,9-10,12-15H2,1H3,(H2,22,24)(H,23,25). The van der Waals surface area contributed by atoms with E-state index in [2.05, 4.69) is 37.2 Å². The molecule has 0 aromatic heterocycles. The predicted octanol–water partition coefficient (Wildman–Crippen LogP) is 1.77. The molecule has 2 aliphatic heterocycles. The highest BCUT2D eigenvalue weighted by Gasteiger charge is 2.28. The Morgan fingerprint density at radius 2 is 2.00 bits per heavy atom. The van der Waals surface area contributed by atoms with Crippen LogP contribution in [0.1, 0.15) is 55.7 Å². The fourth-order valence-corrected chi connectivity index (χ4v) is 5.42. The van der Waals surface area contributed by atoms with Gasteiger partial charge in [-0.2, -0.15) is 8.42 Å². The fraction of sp³-hybridized carbons (Fsp3) is 0.619. The number of fused-ring (bicyclic) bond motifs is 1. The van der Waals surface area contributed by atoms with E-state index >= 15 is 0 Å². The van der Waals surface area contributed by atoms with Crippen LogP contribution in [0, 0.1) is 0 Å². The molecule has 31 heavy (non-hydrogen) atoms. The van der Waals surface area contributed by atoms with E-state index in [9.17, 15) is 8.42 Å². The van der Waals surface area contributed by atoms with Gasteiger partial charge in [-0.3, -0.25) is 9.80 Å². The number of nitrogens with zero attached hydrogens (tertiary/aromatic N) is 4. The van der Waals surface area contributed by atoms with E-state index in [1.807, 2.05) is 0 Å². The van der Waals surface area contributed by atoms with Crippen molar-refractivity contribution in [3.63, 3.8) is 0 Å². The molecule has 1 aliphatic carbocycles. The van der Waals surface area contributed by atoms with Crippen LogP contribution in [-0.4, -0.2) is 63.4 Å². The van der Waals surface area contributed by atoms with Gasteiger partial charge in [0.25, 0.3) is 0 Å². The van der Waals surface area contributed by atoms with Gasteiger partial charge in [-0.15, -0.1) is 8.80 Å². The molecule has 1 unspecified atom stereocenters. The first-order chi connectivity index (χ1) is 14.9. The van der Waals surface area contributed by atoms with Gasteiger partial charge < -0.3 is 15.8 Å². The summed E-state index contributed by atoms with van der Waals surface area (Å²) in [5.41, 5.74) is 8.41. The van der Waals surface area contributed by atoms with Gasteiger partial charge in [0, 0.05) is 19.6 Å². The summed E-state index contributed by atoms with van der Waals surface area (Å²) in [6.45, 7) is 3.44. The number of guanidine groups is 2. The number of hydrogen-bond acceptors (Lipinski definition) is 7. The molecule has 0 bridgehead atoms. The molecule has 3 N–H and O–H groups in total. The summed E-state index contributed by atoms with van der Waals surface area (Å²) in [6.07, 6.45) is 8.13. The third kappa shape index (κ3) is 5.12. The Hall–Kier alpha value is -2.33. The molecular weight excluding hydrogens is 416 g/mol. The number of hydrogen-bond donors (Lipinski definition) is 2. The van der Waals surface area contributed by atoms with Crippen molar-refractivity contribution in [1.82, 2.24) is 15.1 Å². The first-order valence-corrected chi connectivity index (χ1v) is 12.5. The van der Waals surface area contributed by atoms with Crippen LogP contribution in [0.5, 0.6) is 5.75 Å². The number of likely N-dealkylation sites (tertiary alicyclic amines) is 1. The average Bonchev–Trinajstić information content (AvgIpc) is 2.76. The largest absolute Gasteiger partial charge is 0.493 e. The van der Waals surface area contributed by atoms with Crippen molar-refractivity contribution >= 4 is 22.1 Å². The van der Waals surface area contributed by atoms with E-state index in [-0.39, 0.29) is 11.9 Å². The van der Waals surface area contributed by atoms with Crippen LogP contribution in [0.25, 0.3) is 0 Å². The molecule has 0 amide bonds. The van der Waals surface area contributed by atoms with Crippen LogP contribution in [0.4, 0.5) is 0 Å². The highest BCUT2D eigenvalue weighted by atomic mass is 32.2. The zero-order valence-corrected chi connectivity index (χ0v) is 18.9. The van der Waals surface area contributed by atoms with E-state index in [0.717, 1.165) is 12.2 Å². The summed E-state index contributed by atoms with van der Waals surface area (Å²) in [4.78, 5) is 4.07. The average molecular weight is 449 g/mol. The van der Waals surface area contributed by atoms with E-state index in [0.29, 0.717) is 25.6 Å². The molecule has 1 atom stereocenters. The lowest BCUT2D eigenvalue weighted by Crippen LogP contribution is -2.49. The molecule has 0 saturated carbocycles. The first-order valence-electron chi connectivity index (χ1n) is 11.1. The van der Waals surface area contributed by atoms with Crippen molar-refractivity contribution in [3.05, 3.63) is 29.3 Å². The maximum atomic E-state index is 11.6. The molecule has 4 rings (SSSR count). The number of rotatable bonds is 6. The van der Waals surface area contributed by atoms with E-state index in [4.69, 9.17) is 10.5 Å². The Kier molecular flexibility index (Phi) is 6.66. The summed E-state index contributed by atoms with van der Waals surface area (Å²) < 4.78 is 36.3. The summed E-state index contributed by atoms with van der Waals surface area (Å²) >= 11 is 0. The smallest absolute Gasteiger partial charge is 0.369 e. The second-order valence-electron chi connectivity index (χ2n) is 8.33. The van der Waals surface area contributed by atoms with Crippen molar-refractivity contribution in [1.29, 1.82) is 0 Å². The molecule has 1 fully saturated rings. The Bertz CT molecular complexity index is 956. The van der Waals surface area contributed by atoms with Crippen LogP contribution in [-0.2, 0) is 16.6 Å². The molecule has 3 aliphatic rings. The molecule has 0 spiro atoms. The molecule has 1 saturated heterocycles. The third-order valence-electron chi connectivity index (χ3n) is 6.20. The molecule has 170 valence electrons.